The average molecular weight is 346 g/mol. The molecule has 4 nitrogen and oxygen atoms in total. The van der Waals surface area contributed by atoms with Crippen LogP contribution in [0.25, 0.3) is 10.1 Å². The minimum Gasteiger partial charge on any atom is -0.469 e. The Balaban J connectivity index is 2.22. The van der Waals surface area contributed by atoms with Gasteiger partial charge < -0.3 is 9.64 Å². The number of hydrogen-bond donors (Lipinski definition) is 0. The number of thiophene rings is 1. The molecular formula is C14H13Cl2NO3S. The lowest BCUT2D eigenvalue weighted by molar-refractivity contribution is -0.140. The molecular weight excluding hydrogens is 333 g/mol. The first-order valence-electron chi connectivity index (χ1n) is 6.14. The van der Waals surface area contributed by atoms with Crippen molar-refractivity contribution in [3.05, 3.63) is 33.1 Å². The van der Waals surface area contributed by atoms with Gasteiger partial charge in [0.05, 0.1) is 18.6 Å². The van der Waals surface area contributed by atoms with Gasteiger partial charge in [0.15, 0.2) is 0 Å². The fourth-order valence-electron chi connectivity index (χ4n) is 1.81. The number of carbonyl (C=O) groups excluding carboxylic acids is 2. The monoisotopic (exact) mass is 345 g/mol. The summed E-state index contributed by atoms with van der Waals surface area (Å²) in [5.74, 6) is -0.579. The third-order valence-electron chi connectivity index (χ3n) is 3.01. The van der Waals surface area contributed by atoms with E-state index in [2.05, 4.69) is 4.74 Å². The van der Waals surface area contributed by atoms with Crippen LogP contribution in [0, 0.1) is 0 Å². The standard InChI is InChI=1S/C14H13Cl2NO3S/c1-17(6-5-11(18)20-2)14(19)13-12(16)9-4-3-8(15)7-10(9)21-13/h3-4,7H,5-6H2,1-2H3. The summed E-state index contributed by atoms with van der Waals surface area (Å²) in [5, 5.41) is 1.82. The number of esters is 1. The summed E-state index contributed by atoms with van der Waals surface area (Å²) in [5.41, 5.74) is 0. The van der Waals surface area contributed by atoms with E-state index in [0.29, 0.717) is 14.9 Å². The van der Waals surface area contributed by atoms with E-state index in [4.69, 9.17) is 23.2 Å². The topological polar surface area (TPSA) is 46.6 Å². The Hall–Kier alpha value is -1.30. The minimum absolute atomic E-state index is 0.146. The maximum Gasteiger partial charge on any atom is 0.307 e. The molecule has 0 N–H and O–H groups in total. The third kappa shape index (κ3) is 3.48. The quantitative estimate of drug-likeness (QED) is 0.790. The molecule has 112 valence electrons. The first-order chi connectivity index (χ1) is 9.93. The lowest BCUT2D eigenvalue weighted by Gasteiger charge is -2.15. The number of methoxy groups -OCH3 is 1. The molecule has 2 aromatic rings. The van der Waals surface area contributed by atoms with Crippen LogP contribution in [0.1, 0.15) is 16.1 Å². The number of carbonyl (C=O) groups is 2. The lowest BCUT2D eigenvalue weighted by atomic mass is 10.2. The molecule has 0 radical (unpaired) electrons. The molecule has 0 atom stereocenters. The Morgan fingerprint density at radius 1 is 1.33 bits per heavy atom. The van der Waals surface area contributed by atoms with Crippen LogP contribution >= 0.6 is 34.5 Å². The highest BCUT2D eigenvalue weighted by molar-refractivity contribution is 7.21. The summed E-state index contributed by atoms with van der Waals surface area (Å²) in [6.07, 6.45) is 0.146. The van der Waals surface area contributed by atoms with Gasteiger partial charge >= 0.3 is 5.97 Å². The molecule has 0 spiro atoms. The van der Waals surface area contributed by atoms with Crippen molar-refractivity contribution in [2.24, 2.45) is 0 Å². The van der Waals surface area contributed by atoms with E-state index in [-0.39, 0.29) is 24.8 Å². The van der Waals surface area contributed by atoms with E-state index >= 15 is 0 Å². The van der Waals surface area contributed by atoms with E-state index in [1.807, 2.05) is 0 Å². The molecule has 0 aliphatic heterocycles. The minimum atomic E-state index is -0.358. The van der Waals surface area contributed by atoms with Crippen molar-refractivity contribution in [2.45, 2.75) is 6.42 Å². The van der Waals surface area contributed by atoms with Gasteiger partial charge in [0, 0.05) is 28.7 Å². The van der Waals surface area contributed by atoms with Crippen molar-refractivity contribution in [2.75, 3.05) is 20.7 Å². The maximum atomic E-state index is 12.4. The van der Waals surface area contributed by atoms with Gasteiger partial charge in [-0.15, -0.1) is 11.3 Å². The molecule has 0 unspecified atom stereocenters. The summed E-state index contributed by atoms with van der Waals surface area (Å²) < 4.78 is 5.41. The van der Waals surface area contributed by atoms with Crippen LogP contribution < -0.4 is 0 Å². The molecule has 21 heavy (non-hydrogen) atoms. The van der Waals surface area contributed by atoms with Gasteiger partial charge in [0.25, 0.3) is 5.91 Å². The molecule has 0 saturated heterocycles. The van der Waals surface area contributed by atoms with Crippen LogP contribution in [-0.2, 0) is 9.53 Å². The second-order valence-electron chi connectivity index (χ2n) is 4.44. The van der Waals surface area contributed by atoms with Crippen LogP contribution in [0.3, 0.4) is 0 Å². The zero-order valence-corrected chi connectivity index (χ0v) is 13.8. The first kappa shape index (κ1) is 16.1. The second-order valence-corrected chi connectivity index (χ2v) is 6.31. The molecule has 0 fully saturated rings. The molecule has 1 amide bonds. The number of hydrogen-bond acceptors (Lipinski definition) is 4. The van der Waals surface area contributed by atoms with Crippen LogP contribution in [0.5, 0.6) is 0 Å². The van der Waals surface area contributed by atoms with E-state index < -0.39 is 0 Å². The second kappa shape index (κ2) is 6.64. The van der Waals surface area contributed by atoms with Gasteiger partial charge in [-0.2, -0.15) is 0 Å². The summed E-state index contributed by atoms with van der Waals surface area (Å²) in [6.45, 7) is 0.275. The average Bonchev–Trinajstić information content (AvgIpc) is 2.79. The van der Waals surface area contributed by atoms with Crippen molar-refractivity contribution >= 4 is 56.5 Å². The van der Waals surface area contributed by atoms with Crippen LogP contribution in [0.15, 0.2) is 18.2 Å². The highest BCUT2D eigenvalue weighted by atomic mass is 35.5. The highest BCUT2D eigenvalue weighted by Crippen LogP contribution is 2.37. The number of halogens is 2. The van der Waals surface area contributed by atoms with Crippen LogP contribution in [0.2, 0.25) is 10.0 Å². The van der Waals surface area contributed by atoms with Crippen molar-refractivity contribution < 1.29 is 14.3 Å². The molecule has 0 aliphatic carbocycles. The fourth-order valence-corrected chi connectivity index (χ4v) is 3.60. The number of benzene rings is 1. The van der Waals surface area contributed by atoms with Crippen molar-refractivity contribution in [3.63, 3.8) is 0 Å². The third-order valence-corrected chi connectivity index (χ3v) is 4.89. The molecule has 1 heterocycles. The van der Waals surface area contributed by atoms with Crippen LogP contribution in [-0.4, -0.2) is 37.5 Å². The van der Waals surface area contributed by atoms with Crippen molar-refractivity contribution in [3.8, 4) is 0 Å². The SMILES string of the molecule is COC(=O)CCN(C)C(=O)c1sc2cc(Cl)ccc2c1Cl. The Bertz CT molecular complexity index is 699. The summed E-state index contributed by atoms with van der Waals surface area (Å²) in [6, 6.07) is 5.30. The van der Waals surface area contributed by atoms with Crippen LogP contribution in [0.4, 0.5) is 0 Å². The van der Waals surface area contributed by atoms with Gasteiger partial charge in [-0.3, -0.25) is 9.59 Å². The summed E-state index contributed by atoms with van der Waals surface area (Å²) in [4.78, 5) is 25.4. The van der Waals surface area contributed by atoms with Crippen molar-refractivity contribution in [1.29, 1.82) is 0 Å². The number of amides is 1. The molecule has 1 aromatic heterocycles. The highest BCUT2D eigenvalue weighted by Gasteiger charge is 2.21. The number of nitrogens with zero attached hydrogens (tertiary/aromatic N) is 1. The van der Waals surface area contributed by atoms with E-state index in [0.717, 1.165) is 10.1 Å². The smallest absolute Gasteiger partial charge is 0.307 e. The van der Waals surface area contributed by atoms with Gasteiger partial charge in [-0.05, 0) is 12.1 Å². The Morgan fingerprint density at radius 2 is 2.05 bits per heavy atom. The van der Waals surface area contributed by atoms with Gasteiger partial charge in [-0.25, -0.2) is 0 Å². The van der Waals surface area contributed by atoms with Crippen molar-refractivity contribution in [1.82, 2.24) is 4.90 Å². The molecule has 0 aliphatic rings. The predicted molar refractivity (Wildman–Crippen MR) is 85.4 cm³/mol. The Kier molecular flexibility index (Phi) is 5.08. The number of fused-ring (bicyclic) bond motifs is 1. The fraction of sp³-hybridized carbons (Fsp3) is 0.286. The van der Waals surface area contributed by atoms with E-state index in [1.165, 1.54) is 23.3 Å². The van der Waals surface area contributed by atoms with Gasteiger partial charge in [0.2, 0.25) is 0 Å². The summed E-state index contributed by atoms with van der Waals surface area (Å²) in [7, 11) is 2.94. The summed E-state index contributed by atoms with van der Waals surface area (Å²) >= 11 is 13.5. The van der Waals surface area contributed by atoms with Gasteiger partial charge in [-0.1, -0.05) is 29.3 Å². The Morgan fingerprint density at radius 3 is 2.71 bits per heavy atom. The number of ether oxygens (including phenoxy) is 1. The largest absolute Gasteiger partial charge is 0.469 e. The lowest BCUT2D eigenvalue weighted by Crippen LogP contribution is -2.28. The Labute approximate surface area is 136 Å². The van der Waals surface area contributed by atoms with Gasteiger partial charge in [0.1, 0.15) is 4.88 Å². The number of rotatable bonds is 4. The normalized spacial score (nSPS) is 10.7. The van der Waals surface area contributed by atoms with E-state index in [1.54, 1.807) is 25.2 Å². The predicted octanol–water partition coefficient (Wildman–Crippen LogP) is 3.84. The molecule has 7 heteroatoms. The molecule has 1 aromatic carbocycles. The molecule has 0 saturated carbocycles. The van der Waals surface area contributed by atoms with E-state index in [9.17, 15) is 9.59 Å². The first-order valence-corrected chi connectivity index (χ1v) is 7.71. The zero-order valence-electron chi connectivity index (χ0n) is 11.5. The molecule has 0 bridgehead atoms. The molecule has 2 rings (SSSR count). The zero-order chi connectivity index (χ0) is 15.6. The maximum absolute atomic E-state index is 12.4.